The van der Waals surface area contributed by atoms with Gasteiger partial charge in [0.2, 0.25) is 5.91 Å². The van der Waals surface area contributed by atoms with Gasteiger partial charge in [0.05, 0.1) is 11.4 Å². The lowest BCUT2D eigenvalue weighted by Crippen LogP contribution is -2.34. The fourth-order valence-electron chi connectivity index (χ4n) is 2.07. The maximum Gasteiger partial charge on any atom is 0.244 e. The van der Waals surface area contributed by atoms with E-state index in [-0.39, 0.29) is 5.91 Å². The summed E-state index contributed by atoms with van der Waals surface area (Å²) in [5.74, 6) is 0.458. The van der Waals surface area contributed by atoms with Crippen molar-refractivity contribution >= 4 is 33.8 Å². The van der Waals surface area contributed by atoms with Crippen LogP contribution in [0.1, 0.15) is 24.6 Å². The van der Waals surface area contributed by atoms with Crippen LogP contribution in [0.2, 0.25) is 0 Å². The van der Waals surface area contributed by atoms with Gasteiger partial charge in [-0.15, -0.1) is 11.3 Å². The lowest BCUT2D eigenvalue weighted by atomic mass is 10.2. The molecule has 1 amide bonds. The Morgan fingerprint density at radius 2 is 2.16 bits per heavy atom. The molecule has 19 heavy (non-hydrogen) atoms. The molecule has 0 atom stereocenters. The Labute approximate surface area is 116 Å². The van der Waals surface area contributed by atoms with E-state index in [4.69, 9.17) is 0 Å². The van der Waals surface area contributed by atoms with E-state index in [1.54, 1.807) is 11.3 Å². The van der Waals surface area contributed by atoms with E-state index in [0.29, 0.717) is 12.5 Å². The molecule has 0 unspecified atom stereocenters. The van der Waals surface area contributed by atoms with Crippen molar-refractivity contribution < 1.29 is 4.79 Å². The number of thiazole rings is 1. The van der Waals surface area contributed by atoms with Crippen LogP contribution >= 0.6 is 11.3 Å². The first-order valence-electron chi connectivity index (χ1n) is 6.27. The molecule has 0 radical (unpaired) electrons. The molecule has 0 bridgehead atoms. The number of anilines is 3. The highest BCUT2D eigenvalue weighted by atomic mass is 32.1. The SMILES string of the molecule is CC(C)c1cnc(N2CC(=O)Nc3ccccc32)s1. The molecule has 1 aliphatic heterocycles. The Morgan fingerprint density at radius 1 is 1.37 bits per heavy atom. The fraction of sp³-hybridized carbons (Fsp3) is 0.286. The molecule has 1 aromatic heterocycles. The third kappa shape index (κ3) is 2.21. The monoisotopic (exact) mass is 273 g/mol. The van der Waals surface area contributed by atoms with Crippen molar-refractivity contribution in [1.82, 2.24) is 4.98 Å². The minimum atomic E-state index is -0.00000283. The first-order chi connectivity index (χ1) is 9.15. The molecule has 98 valence electrons. The molecule has 5 heteroatoms. The number of amides is 1. The Morgan fingerprint density at radius 3 is 2.89 bits per heavy atom. The van der Waals surface area contributed by atoms with Crippen molar-refractivity contribution in [3.05, 3.63) is 35.3 Å². The zero-order valence-corrected chi connectivity index (χ0v) is 11.7. The topological polar surface area (TPSA) is 45.2 Å². The van der Waals surface area contributed by atoms with Gasteiger partial charge in [0.15, 0.2) is 5.13 Å². The van der Waals surface area contributed by atoms with Gasteiger partial charge in [-0.2, -0.15) is 0 Å². The average Bonchev–Trinajstić information content (AvgIpc) is 2.87. The minimum Gasteiger partial charge on any atom is -0.323 e. The first kappa shape index (κ1) is 12.2. The van der Waals surface area contributed by atoms with Gasteiger partial charge in [0, 0.05) is 11.1 Å². The van der Waals surface area contributed by atoms with Crippen LogP contribution in [0.5, 0.6) is 0 Å². The van der Waals surface area contributed by atoms with Crippen molar-refractivity contribution in [2.75, 3.05) is 16.8 Å². The van der Waals surface area contributed by atoms with Gasteiger partial charge in [-0.25, -0.2) is 4.98 Å². The predicted octanol–water partition coefficient (Wildman–Crippen LogP) is 3.36. The van der Waals surface area contributed by atoms with E-state index in [0.717, 1.165) is 16.5 Å². The van der Waals surface area contributed by atoms with Gasteiger partial charge < -0.3 is 10.2 Å². The van der Waals surface area contributed by atoms with Crippen LogP contribution in [0.4, 0.5) is 16.5 Å². The number of hydrogen-bond donors (Lipinski definition) is 1. The maximum absolute atomic E-state index is 11.8. The molecule has 0 spiro atoms. The number of aromatic nitrogens is 1. The van der Waals surface area contributed by atoms with E-state index in [9.17, 15) is 4.79 Å². The number of nitrogens with one attached hydrogen (secondary N) is 1. The van der Waals surface area contributed by atoms with Crippen LogP contribution < -0.4 is 10.2 Å². The zero-order chi connectivity index (χ0) is 13.4. The smallest absolute Gasteiger partial charge is 0.244 e. The third-order valence-corrected chi connectivity index (χ3v) is 4.40. The molecule has 4 nitrogen and oxygen atoms in total. The van der Waals surface area contributed by atoms with Crippen LogP contribution in [-0.2, 0) is 4.79 Å². The van der Waals surface area contributed by atoms with Crippen LogP contribution in [0.3, 0.4) is 0 Å². The van der Waals surface area contributed by atoms with Gasteiger partial charge in [0.1, 0.15) is 6.54 Å². The number of para-hydroxylation sites is 2. The highest BCUT2D eigenvalue weighted by Gasteiger charge is 2.24. The molecular formula is C14H15N3OS. The van der Waals surface area contributed by atoms with Crippen molar-refractivity contribution in [1.29, 1.82) is 0 Å². The zero-order valence-electron chi connectivity index (χ0n) is 10.9. The molecule has 0 saturated heterocycles. The van der Waals surface area contributed by atoms with E-state index in [1.807, 2.05) is 35.4 Å². The van der Waals surface area contributed by atoms with E-state index in [2.05, 4.69) is 24.1 Å². The normalized spacial score (nSPS) is 14.5. The summed E-state index contributed by atoms with van der Waals surface area (Å²) in [5, 5.41) is 3.77. The van der Waals surface area contributed by atoms with Gasteiger partial charge in [-0.3, -0.25) is 4.79 Å². The summed E-state index contributed by atoms with van der Waals surface area (Å²) < 4.78 is 0. The first-order valence-corrected chi connectivity index (χ1v) is 7.09. The second-order valence-corrected chi connectivity index (χ2v) is 5.89. The molecular weight excluding hydrogens is 258 g/mol. The third-order valence-electron chi connectivity index (χ3n) is 3.08. The molecule has 0 saturated carbocycles. The molecule has 2 heterocycles. The van der Waals surface area contributed by atoms with Gasteiger partial charge in [-0.1, -0.05) is 26.0 Å². The summed E-state index contributed by atoms with van der Waals surface area (Å²) in [4.78, 5) is 19.4. The Bertz CT molecular complexity index is 621. The number of nitrogens with zero attached hydrogens (tertiary/aromatic N) is 2. The lowest BCUT2D eigenvalue weighted by molar-refractivity contribution is -0.115. The quantitative estimate of drug-likeness (QED) is 0.912. The highest BCUT2D eigenvalue weighted by Crippen LogP contribution is 2.37. The van der Waals surface area contributed by atoms with Crippen LogP contribution in [0.25, 0.3) is 0 Å². The Kier molecular flexibility index (Phi) is 2.98. The fourth-order valence-corrected chi connectivity index (χ4v) is 3.00. The van der Waals surface area contributed by atoms with Crippen molar-refractivity contribution in [3.8, 4) is 0 Å². The summed E-state index contributed by atoms with van der Waals surface area (Å²) in [6, 6.07) is 7.81. The number of fused-ring (bicyclic) bond motifs is 1. The second kappa shape index (κ2) is 4.66. The van der Waals surface area contributed by atoms with E-state index < -0.39 is 0 Å². The number of hydrogen-bond acceptors (Lipinski definition) is 4. The molecule has 1 aliphatic rings. The number of rotatable bonds is 2. The summed E-state index contributed by atoms with van der Waals surface area (Å²) in [6.07, 6.45) is 1.90. The maximum atomic E-state index is 11.8. The average molecular weight is 273 g/mol. The molecule has 2 aromatic rings. The van der Waals surface area contributed by atoms with Crippen LogP contribution in [0.15, 0.2) is 30.5 Å². The standard InChI is InChI=1S/C14H15N3OS/c1-9(2)12-7-15-14(19-12)17-8-13(18)16-10-5-3-4-6-11(10)17/h3-7,9H,8H2,1-2H3,(H,16,18). The summed E-state index contributed by atoms with van der Waals surface area (Å²) >= 11 is 1.65. The minimum absolute atomic E-state index is 0.00000283. The van der Waals surface area contributed by atoms with Crippen molar-refractivity contribution in [2.45, 2.75) is 19.8 Å². The van der Waals surface area contributed by atoms with Crippen molar-refractivity contribution in [2.24, 2.45) is 0 Å². The van der Waals surface area contributed by atoms with Crippen LogP contribution in [0, 0.1) is 0 Å². The van der Waals surface area contributed by atoms with Gasteiger partial charge in [0.25, 0.3) is 0 Å². The number of carbonyl (C=O) groups is 1. The molecule has 1 aromatic carbocycles. The largest absolute Gasteiger partial charge is 0.323 e. The summed E-state index contributed by atoms with van der Waals surface area (Å²) in [6.45, 7) is 4.62. The van der Waals surface area contributed by atoms with Crippen LogP contribution in [-0.4, -0.2) is 17.4 Å². The molecule has 1 N–H and O–H groups in total. The van der Waals surface area contributed by atoms with Gasteiger partial charge >= 0.3 is 0 Å². The second-order valence-electron chi connectivity index (χ2n) is 4.85. The molecule has 0 fully saturated rings. The highest BCUT2D eigenvalue weighted by molar-refractivity contribution is 7.15. The summed E-state index contributed by atoms with van der Waals surface area (Å²) in [5.41, 5.74) is 1.85. The summed E-state index contributed by atoms with van der Waals surface area (Å²) in [7, 11) is 0. The number of benzene rings is 1. The van der Waals surface area contributed by atoms with Crippen molar-refractivity contribution in [3.63, 3.8) is 0 Å². The lowest BCUT2D eigenvalue weighted by Gasteiger charge is -2.28. The van der Waals surface area contributed by atoms with E-state index >= 15 is 0 Å². The Balaban J connectivity index is 2.02. The van der Waals surface area contributed by atoms with E-state index in [1.165, 1.54) is 4.88 Å². The molecule has 3 rings (SSSR count). The van der Waals surface area contributed by atoms with Gasteiger partial charge in [-0.05, 0) is 18.1 Å². The Hall–Kier alpha value is -1.88. The number of carbonyl (C=O) groups excluding carboxylic acids is 1. The predicted molar refractivity (Wildman–Crippen MR) is 78.3 cm³/mol. The molecule has 0 aliphatic carbocycles.